The van der Waals surface area contributed by atoms with Gasteiger partial charge in [-0.2, -0.15) is 13.2 Å². The maximum Gasteiger partial charge on any atom is 0.390 e. The first-order valence-corrected chi connectivity index (χ1v) is 5.39. The number of hydrogen-bond acceptors (Lipinski definition) is 1. The number of benzene rings is 1. The van der Waals surface area contributed by atoms with Crippen LogP contribution >= 0.6 is 15.9 Å². The molecule has 0 fully saturated rings. The summed E-state index contributed by atoms with van der Waals surface area (Å²) in [5.74, 6) is -0.428. The molecule has 0 unspecified atom stereocenters. The van der Waals surface area contributed by atoms with Gasteiger partial charge in [-0.3, -0.25) is 0 Å². The van der Waals surface area contributed by atoms with E-state index in [2.05, 4.69) is 21.2 Å². The average molecular weight is 300 g/mol. The molecule has 0 aliphatic heterocycles. The van der Waals surface area contributed by atoms with Gasteiger partial charge in [0.05, 0.1) is 6.42 Å². The van der Waals surface area contributed by atoms with Crippen LogP contribution in [0.1, 0.15) is 12.0 Å². The van der Waals surface area contributed by atoms with Gasteiger partial charge in [0.1, 0.15) is 5.82 Å². The van der Waals surface area contributed by atoms with E-state index in [1.807, 2.05) is 0 Å². The second-order valence-electron chi connectivity index (χ2n) is 3.28. The highest BCUT2D eigenvalue weighted by atomic mass is 79.9. The van der Waals surface area contributed by atoms with E-state index < -0.39 is 18.4 Å². The molecule has 0 spiro atoms. The van der Waals surface area contributed by atoms with Crippen LogP contribution in [-0.4, -0.2) is 12.7 Å². The number of nitrogens with one attached hydrogen (secondary N) is 1. The number of hydrogen-bond donors (Lipinski definition) is 1. The predicted molar refractivity (Wildman–Crippen MR) is 56.5 cm³/mol. The minimum absolute atomic E-state index is 0.0847. The molecule has 0 aromatic heterocycles. The van der Waals surface area contributed by atoms with E-state index in [-0.39, 0.29) is 13.1 Å². The van der Waals surface area contributed by atoms with E-state index in [4.69, 9.17) is 0 Å². The van der Waals surface area contributed by atoms with Crippen LogP contribution in [0, 0.1) is 5.82 Å². The molecule has 1 aromatic rings. The fourth-order valence-corrected chi connectivity index (χ4v) is 1.54. The zero-order valence-electron chi connectivity index (χ0n) is 8.24. The molecule has 1 nitrogen and oxygen atoms in total. The smallest absolute Gasteiger partial charge is 0.312 e. The quantitative estimate of drug-likeness (QED) is 0.661. The molecule has 0 saturated carbocycles. The summed E-state index contributed by atoms with van der Waals surface area (Å²) in [5.41, 5.74) is 0.344. The van der Waals surface area contributed by atoms with E-state index in [1.54, 1.807) is 0 Å². The lowest BCUT2D eigenvalue weighted by Crippen LogP contribution is -2.21. The lowest BCUT2D eigenvalue weighted by molar-refractivity contribution is -0.133. The Kier molecular flexibility index (Phi) is 4.73. The van der Waals surface area contributed by atoms with E-state index in [0.29, 0.717) is 10.0 Å². The fourth-order valence-electron chi connectivity index (χ4n) is 1.13. The summed E-state index contributed by atoms with van der Waals surface area (Å²) in [5, 5.41) is 2.55. The monoisotopic (exact) mass is 299 g/mol. The molecule has 6 heteroatoms. The zero-order valence-corrected chi connectivity index (χ0v) is 9.83. The molecule has 0 atom stereocenters. The Morgan fingerprint density at radius 3 is 2.56 bits per heavy atom. The Labute approximate surface area is 99.0 Å². The molecule has 90 valence electrons. The third kappa shape index (κ3) is 4.94. The minimum atomic E-state index is -4.18. The van der Waals surface area contributed by atoms with Crippen LogP contribution in [0.15, 0.2) is 22.7 Å². The van der Waals surface area contributed by atoms with Crippen molar-refractivity contribution < 1.29 is 17.6 Å². The normalized spacial score (nSPS) is 11.8. The molecular weight excluding hydrogens is 290 g/mol. The summed E-state index contributed by atoms with van der Waals surface area (Å²) in [4.78, 5) is 0. The van der Waals surface area contributed by atoms with Crippen LogP contribution in [0.4, 0.5) is 17.6 Å². The van der Waals surface area contributed by atoms with Crippen LogP contribution in [0.25, 0.3) is 0 Å². The summed E-state index contributed by atoms with van der Waals surface area (Å²) in [7, 11) is 0. The largest absolute Gasteiger partial charge is 0.390 e. The fraction of sp³-hybridized carbons (Fsp3) is 0.400. The molecule has 1 rings (SSSR count). The molecule has 16 heavy (non-hydrogen) atoms. The van der Waals surface area contributed by atoms with E-state index in [1.165, 1.54) is 18.2 Å². The second-order valence-corrected chi connectivity index (χ2v) is 4.19. The Morgan fingerprint density at radius 2 is 1.94 bits per heavy atom. The Morgan fingerprint density at radius 1 is 1.25 bits per heavy atom. The minimum Gasteiger partial charge on any atom is -0.312 e. The lowest BCUT2D eigenvalue weighted by Gasteiger charge is -2.08. The van der Waals surface area contributed by atoms with Crippen LogP contribution in [0.5, 0.6) is 0 Å². The summed E-state index contributed by atoms with van der Waals surface area (Å²) < 4.78 is 49.3. The Balaban J connectivity index is 2.40. The Hall–Kier alpha value is -0.620. The van der Waals surface area contributed by atoms with Crippen molar-refractivity contribution in [3.05, 3.63) is 34.1 Å². The van der Waals surface area contributed by atoms with Crippen molar-refractivity contribution in [2.45, 2.75) is 19.1 Å². The highest BCUT2D eigenvalue weighted by Gasteiger charge is 2.25. The van der Waals surface area contributed by atoms with E-state index >= 15 is 0 Å². The van der Waals surface area contributed by atoms with Gasteiger partial charge in [0.15, 0.2) is 0 Å². The first kappa shape index (κ1) is 13.4. The number of halogens is 5. The SMILES string of the molecule is Fc1ccc(Br)cc1CNCCC(F)(F)F. The van der Waals surface area contributed by atoms with Crippen molar-refractivity contribution in [2.24, 2.45) is 0 Å². The number of rotatable bonds is 4. The molecule has 0 radical (unpaired) electrons. The van der Waals surface area contributed by atoms with Gasteiger partial charge in [-0.15, -0.1) is 0 Å². The van der Waals surface area contributed by atoms with Gasteiger partial charge in [-0.1, -0.05) is 15.9 Å². The molecule has 0 bridgehead atoms. The van der Waals surface area contributed by atoms with Crippen LogP contribution < -0.4 is 5.32 Å². The molecule has 1 N–H and O–H groups in total. The average Bonchev–Trinajstić information content (AvgIpc) is 2.16. The second kappa shape index (κ2) is 5.63. The third-order valence-corrected chi connectivity index (χ3v) is 2.40. The summed E-state index contributed by atoms with van der Waals surface area (Å²) in [6, 6.07) is 4.34. The van der Waals surface area contributed by atoms with Gasteiger partial charge in [0, 0.05) is 23.1 Å². The van der Waals surface area contributed by atoms with Crippen molar-refractivity contribution in [3.8, 4) is 0 Å². The molecule has 0 heterocycles. The standard InChI is InChI=1S/C10H10BrF4N/c11-8-1-2-9(12)7(5-8)6-16-4-3-10(13,14)15/h1-2,5,16H,3-4,6H2. The van der Waals surface area contributed by atoms with Crippen molar-refractivity contribution in [3.63, 3.8) is 0 Å². The van der Waals surface area contributed by atoms with Crippen LogP contribution in [0.2, 0.25) is 0 Å². The van der Waals surface area contributed by atoms with Crippen molar-refractivity contribution in [1.29, 1.82) is 0 Å². The molecule has 0 aliphatic rings. The highest BCUT2D eigenvalue weighted by Crippen LogP contribution is 2.19. The van der Waals surface area contributed by atoms with Crippen LogP contribution in [-0.2, 0) is 6.54 Å². The molecule has 0 saturated heterocycles. The zero-order chi connectivity index (χ0) is 12.2. The molecule has 0 aliphatic carbocycles. The molecule has 1 aromatic carbocycles. The van der Waals surface area contributed by atoms with E-state index in [9.17, 15) is 17.6 Å². The summed E-state index contributed by atoms with van der Waals surface area (Å²) >= 11 is 3.16. The van der Waals surface area contributed by atoms with Gasteiger partial charge in [-0.05, 0) is 18.2 Å². The summed E-state index contributed by atoms with van der Waals surface area (Å²) in [6.45, 7) is -0.128. The van der Waals surface area contributed by atoms with Gasteiger partial charge >= 0.3 is 6.18 Å². The highest BCUT2D eigenvalue weighted by molar-refractivity contribution is 9.10. The summed E-state index contributed by atoms with van der Waals surface area (Å²) in [6.07, 6.45) is -5.09. The first-order valence-electron chi connectivity index (χ1n) is 4.60. The van der Waals surface area contributed by atoms with E-state index in [0.717, 1.165) is 0 Å². The maximum absolute atomic E-state index is 13.1. The topological polar surface area (TPSA) is 12.0 Å². The Bertz CT molecular complexity index is 351. The van der Waals surface area contributed by atoms with Crippen molar-refractivity contribution >= 4 is 15.9 Å². The first-order chi connectivity index (χ1) is 7.38. The van der Waals surface area contributed by atoms with Gasteiger partial charge in [0.2, 0.25) is 0 Å². The third-order valence-electron chi connectivity index (χ3n) is 1.91. The lowest BCUT2D eigenvalue weighted by atomic mass is 10.2. The van der Waals surface area contributed by atoms with Crippen molar-refractivity contribution in [2.75, 3.05) is 6.54 Å². The predicted octanol–water partition coefficient (Wildman–Crippen LogP) is 3.63. The molecule has 0 amide bonds. The van der Waals surface area contributed by atoms with Gasteiger partial charge in [0.25, 0.3) is 0 Å². The van der Waals surface area contributed by atoms with Crippen molar-refractivity contribution in [1.82, 2.24) is 5.32 Å². The molecular formula is C10H10BrF4N. The van der Waals surface area contributed by atoms with Gasteiger partial charge < -0.3 is 5.32 Å². The number of alkyl halides is 3. The van der Waals surface area contributed by atoms with Crippen LogP contribution in [0.3, 0.4) is 0 Å². The van der Waals surface area contributed by atoms with Gasteiger partial charge in [-0.25, -0.2) is 4.39 Å². The maximum atomic E-state index is 13.1.